The summed E-state index contributed by atoms with van der Waals surface area (Å²) in [4.78, 5) is 16.4. The van der Waals surface area contributed by atoms with Crippen molar-refractivity contribution in [2.75, 3.05) is 25.5 Å². The van der Waals surface area contributed by atoms with Gasteiger partial charge in [-0.2, -0.15) is 0 Å². The zero-order chi connectivity index (χ0) is 18.1. The second-order valence-electron chi connectivity index (χ2n) is 5.95. The first kappa shape index (κ1) is 16.7. The van der Waals surface area contributed by atoms with Gasteiger partial charge in [-0.15, -0.1) is 0 Å². The van der Waals surface area contributed by atoms with Crippen molar-refractivity contribution in [1.82, 2.24) is 14.3 Å². The molecule has 7 nitrogen and oxygen atoms in total. The molecule has 0 aliphatic carbocycles. The van der Waals surface area contributed by atoms with Crippen LogP contribution in [0.1, 0.15) is 5.56 Å². The number of hydrogen-bond donors (Lipinski definition) is 2. The van der Waals surface area contributed by atoms with Gasteiger partial charge in [0.2, 0.25) is 0 Å². The summed E-state index contributed by atoms with van der Waals surface area (Å²) in [5.41, 5.74) is 3.32. The number of anilines is 1. The Hall–Kier alpha value is -2.71. The van der Waals surface area contributed by atoms with Crippen LogP contribution in [0.25, 0.3) is 11.0 Å². The van der Waals surface area contributed by atoms with Crippen LogP contribution in [0.2, 0.25) is 0 Å². The van der Waals surface area contributed by atoms with E-state index >= 15 is 0 Å². The topological polar surface area (TPSA) is 85.2 Å². The van der Waals surface area contributed by atoms with Crippen molar-refractivity contribution in [2.24, 2.45) is 0 Å². The van der Waals surface area contributed by atoms with Crippen molar-refractivity contribution in [3.63, 3.8) is 0 Å². The molecule has 1 aliphatic rings. The van der Waals surface area contributed by atoms with E-state index in [1.165, 1.54) is 0 Å². The number of hydrogen-bond acceptors (Lipinski definition) is 5. The van der Waals surface area contributed by atoms with Crippen LogP contribution in [0, 0.1) is 0 Å². The van der Waals surface area contributed by atoms with E-state index < -0.39 is 11.0 Å². The first-order valence-electron chi connectivity index (χ1n) is 8.26. The lowest BCUT2D eigenvalue weighted by Crippen LogP contribution is -2.25. The van der Waals surface area contributed by atoms with Crippen LogP contribution in [0.4, 0.5) is 5.69 Å². The smallest absolute Gasteiger partial charge is 0.262 e. The predicted octanol–water partition coefficient (Wildman–Crippen LogP) is 1.70. The zero-order valence-corrected chi connectivity index (χ0v) is 15.0. The van der Waals surface area contributed by atoms with Gasteiger partial charge in [0.1, 0.15) is 5.75 Å². The summed E-state index contributed by atoms with van der Waals surface area (Å²) in [5.74, 6) is 0.337. The summed E-state index contributed by atoms with van der Waals surface area (Å²) in [6.45, 7) is 0.780. The number of benzene rings is 1. The van der Waals surface area contributed by atoms with Gasteiger partial charge in [0, 0.05) is 18.5 Å². The van der Waals surface area contributed by atoms with Gasteiger partial charge in [-0.3, -0.25) is 13.8 Å². The molecule has 1 amide bonds. The molecule has 0 bridgehead atoms. The number of pyridine rings is 1. The number of carbonyl (C=O) groups excluding carboxylic acids is 1. The van der Waals surface area contributed by atoms with Crippen molar-refractivity contribution in [2.45, 2.75) is 11.3 Å². The molecular weight excluding hydrogens is 352 g/mol. The number of rotatable bonds is 5. The summed E-state index contributed by atoms with van der Waals surface area (Å²) >= 11 is 0. The second-order valence-corrected chi connectivity index (χ2v) is 7.31. The van der Waals surface area contributed by atoms with Crippen LogP contribution in [-0.2, 0) is 22.2 Å². The number of fused-ring (bicyclic) bond motifs is 2. The summed E-state index contributed by atoms with van der Waals surface area (Å²) in [7, 11) is 0.450. The Morgan fingerprint density at radius 2 is 2.27 bits per heavy atom. The highest BCUT2D eigenvalue weighted by molar-refractivity contribution is 7.83. The third kappa shape index (κ3) is 2.97. The molecule has 1 aromatic carbocycles. The largest absolute Gasteiger partial charge is 0.482 e. The highest BCUT2D eigenvalue weighted by Crippen LogP contribution is 2.31. The Labute approximate surface area is 153 Å². The van der Waals surface area contributed by atoms with Gasteiger partial charge < -0.3 is 15.4 Å². The van der Waals surface area contributed by atoms with Crippen molar-refractivity contribution in [3.8, 4) is 5.75 Å². The van der Waals surface area contributed by atoms with Crippen molar-refractivity contribution in [1.29, 1.82) is 0 Å². The molecule has 3 heterocycles. The molecule has 4 rings (SSSR count). The van der Waals surface area contributed by atoms with Crippen LogP contribution >= 0.6 is 0 Å². The molecule has 26 heavy (non-hydrogen) atoms. The van der Waals surface area contributed by atoms with Crippen molar-refractivity contribution in [3.05, 3.63) is 48.3 Å². The van der Waals surface area contributed by atoms with Gasteiger partial charge in [-0.1, -0.05) is 0 Å². The van der Waals surface area contributed by atoms with E-state index in [2.05, 4.69) is 15.6 Å². The lowest BCUT2D eigenvalue weighted by Gasteiger charge is -2.18. The first-order chi connectivity index (χ1) is 12.7. The number of amides is 1. The quantitative estimate of drug-likeness (QED) is 0.714. The number of carbonyl (C=O) groups is 1. The maximum Gasteiger partial charge on any atom is 0.262 e. The highest BCUT2D eigenvalue weighted by Gasteiger charge is 2.19. The minimum atomic E-state index is -1.45. The first-order valence-corrected chi connectivity index (χ1v) is 9.36. The van der Waals surface area contributed by atoms with E-state index in [1.807, 2.05) is 25.4 Å². The number of likely N-dealkylation sites (N-methyl/N-ethyl adjacent to an activating group) is 1. The fourth-order valence-corrected chi connectivity index (χ4v) is 4.12. The summed E-state index contributed by atoms with van der Waals surface area (Å²) in [6, 6.07) is 8.91. The minimum Gasteiger partial charge on any atom is -0.482 e. The number of ether oxygens (including phenoxy) is 1. The van der Waals surface area contributed by atoms with Gasteiger partial charge in [0.15, 0.2) is 17.6 Å². The maximum atomic E-state index is 13.2. The summed E-state index contributed by atoms with van der Waals surface area (Å²) < 4.78 is 20.3. The molecule has 2 aromatic heterocycles. The monoisotopic (exact) mass is 370 g/mol. The van der Waals surface area contributed by atoms with E-state index in [-0.39, 0.29) is 12.5 Å². The van der Waals surface area contributed by atoms with Crippen LogP contribution in [0.5, 0.6) is 5.75 Å². The van der Waals surface area contributed by atoms with Crippen LogP contribution in [0.3, 0.4) is 0 Å². The Morgan fingerprint density at radius 1 is 1.38 bits per heavy atom. The van der Waals surface area contributed by atoms with Crippen molar-refractivity contribution < 1.29 is 13.7 Å². The summed E-state index contributed by atoms with van der Waals surface area (Å²) in [5, 5.41) is 5.86. The summed E-state index contributed by atoms with van der Waals surface area (Å²) in [6.07, 6.45) is 4.44. The molecule has 3 aromatic rings. The lowest BCUT2D eigenvalue weighted by molar-refractivity contribution is -0.118. The average molecular weight is 370 g/mol. The van der Waals surface area contributed by atoms with E-state index in [4.69, 9.17) is 4.74 Å². The molecule has 0 fully saturated rings. The van der Waals surface area contributed by atoms with Crippen LogP contribution in [0.15, 0.2) is 47.6 Å². The average Bonchev–Trinajstić information content (AvgIpc) is 3.04. The van der Waals surface area contributed by atoms with Crippen LogP contribution < -0.4 is 15.4 Å². The normalized spacial score (nSPS) is 14.6. The van der Waals surface area contributed by atoms with E-state index in [0.717, 1.165) is 29.6 Å². The molecule has 2 N–H and O–H groups in total. The lowest BCUT2D eigenvalue weighted by atomic mass is 10.2. The third-order valence-electron chi connectivity index (χ3n) is 4.21. The fraction of sp³-hybridized carbons (Fsp3) is 0.222. The van der Waals surface area contributed by atoms with Gasteiger partial charge in [0.05, 0.1) is 21.6 Å². The maximum absolute atomic E-state index is 13.2. The number of nitrogens with zero attached hydrogens (tertiary/aromatic N) is 2. The molecule has 134 valence electrons. The van der Waals surface area contributed by atoms with Gasteiger partial charge in [-0.05, 0) is 49.8 Å². The van der Waals surface area contributed by atoms with E-state index in [1.54, 1.807) is 28.4 Å². The molecular formula is C18H18N4O3S. The Bertz CT molecular complexity index is 1010. The Kier molecular flexibility index (Phi) is 4.44. The van der Waals surface area contributed by atoms with Gasteiger partial charge in [0.25, 0.3) is 5.91 Å². The SMILES string of the molecule is CNCCc1cn(S(=O)c2ccc3c(c2)OCC(=O)N3)c2cccnc12. The third-order valence-corrected chi connectivity index (χ3v) is 5.53. The molecule has 8 heteroatoms. The number of aromatic nitrogens is 2. The van der Waals surface area contributed by atoms with E-state index in [9.17, 15) is 9.00 Å². The molecule has 0 spiro atoms. The highest BCUT2D eigenvalue weighted by atomic mass is 32.2. The molecule has 1 aliphatic heterocycles. The molecule has 0 saturated heterocycles. The fourth-order valence-electron chi connectivity index (χ4n) is 2.95. The van der Waals surface area contributed by atoms with Gasteiger partial charge in [-0.25, -0.2) is 4.21 Å². The van der Waals surface area contributed by atoms with Gasteiger partial charge >= 0.3 is 0 Å². The second kappa shape index (κ2) is 6.89. The standard InChI is InChI=1S/C18H18N4O3S/c1-19-8-6-12-10-22(15-3-2-7-20-18(12)15)26(24)13-4-5-14-16(9-13)25-11-17(23)21-14/h2-5,7,9-10,19H,6,8,11H2,1H3,(H,21,23). The molecule has 0 radical (unpaired) electrons. The zero-order valence-electron chi connectivity index (χ0n) is 14.2. The number of nitrogens with one attached hydrogen (secondary N) is 2. The predicted molar refractivity (Wildman–Crippen MR) is 99.7 cm³/mol. The molecule has 1 atom stereocenters. The Balaban J connectivity index is 1.73. The minimum absolute atomic E-state index is 0.0341. The van der Waals surface area contributed by atoms with Crippen molar-refractivity contribution >= 4 is 33.6 Å². The Morgan fingerprint density at radius 3 is 3.12 bits per heavy atom. The van der Waals surface area contributed by atoms with Crippen LogP contribution in [-0.4, -0.2) is 39.3 Å². The molecule has 0 saturated carbocycles. The molecule has 1 unspecified atom stereocenters. The van der Waals surface area contributed by atoms with E-state index in [0.29, 0.717) is 16.3 Å².